The second-order valence-corrected chi connectivity index (χ2v) is 8.19. The van der Waals surface area contributed by atoms with Crippen LogP contribution < -0.4 is 9.47 Å². The third-order valence-corrected chi connectivity index (χ3v) is 6.98. The first kappa shape index (κ1) is 23.2. The highest BCUT2D eigenvalue weighted by Gasteiger charge is 2.73. The molecule has 170 valence electrons. The van der Waals surface area contributed by atoms with Gasteiger partial charge in [0.1, 0.15) is 23.6 Å². The Bertz CT molecular complexity index is 879. The number of carbonyl (C=O) groups excluding carboxylic acids is 1. The fraction of sp³-hybridized carbons (Fsp3) is 0.542. The quantitative estimate of drug-likeness (QED) is 0.499. The van der Waals surface area contributed by atoms with Crippen LogP contribution in [0.5, 0.6) is 11.5 Å². The molecule has 1 N–H and O–H groups in total. The van der Waals surface area contributed by atoms with Gasteiger partial charge < -0.3 is 28.8 Å². The minimum Gasteiger partial charge on any atom is -0.499 e. The number of methoxy groups -OCH3 is 4. The third kappa shape index (κ3) is 3.22. The van der Waals surface area contributed by atoms with E-state index in [0.717, 1.165) is 5.56 Å². The molecule has 0 heterocycles. The monoisotopic (exact) mass is 432 g/mol. The van der Waals surface area contributed by atoms with E-state index in [9.17, 15) is 9.90 Å². The molecule has 3 rings (SSSR count). The van der Waals surface area contributed by atoms with Crippen molar-refractivity contribution in [2.75, 3.05) is 28.4 Å². The first-order chi connectivity index (χ1) is 14.8. The topological polar surface area (TPSA) is 83.5 Å². The number of ether oxygens (including phenoxy) is 5. The summed E-state index contributed by atoms with van der Waals surface area (Å²) in [6.45, 7) is 7.37. The molecule has 0 aromatic heterocycles. The largest absolute Gasteiger partial charge is 0.499 e. The van der Waals surface area contributed by atoms with Gasteiger partial charge in [-0.15, -0.1) is 6.58 Å². The van der Waals surface area contributed by atoms with Crippen molar-refractivity contribution in [3.05, 3.63) is 48.3 Å². The number of benzene rings is 1. The van der Waals surface area contributed by atoms with Gasteiger partial charge in [-0.2, -0.15) is 0 Å². The molecule has 0 amide bonds. The van der Waals surface area contributed by atoms with Crippen LogP contribution in [0.1, 0.15) is 31.7 Å². The SMILES string of the molecule is C=CC[C@@]12C=C(OC)[C@@H](O)[C@@](OC)([C@H](c3ccc(OC)c(OC)c3)[C@H]1C)[C@@H]2OC(C)=O. The summed E-state index contributed by atoms with van der Waals surface area (Å²) in [6.07, 6.45) is 2.30. The van der Waals surface area contributed by atoms with E-state index in [4.69, 9.17) is 23.7 Å². The van der Waals surface area contributed by atoms with Crippen molar-refractivity contribution in [1.82, 2.24) is 0 Å². The van der Waals surface area contributed by atoms with Crippen molar-refractivity contribution < 1.29 is 33.6 Å². The summed E-state index contributed by atoms with van der Waals surface area (Å²) in [6, 6.07) is 5.63. The van der Waals surface area contributed by atoms with Gasteiger partial charge in [0, 0.05) is 25.4 Å². The van der Waals surface area contributed by atoms with Crippen molar-refractivity contribution >= 4 is 5.97 Å². The lowest BCUT2D eigenvalue weighted by molar-refractivity contribution is -0.201. The van der Waals surface area contributed by atoms with Crippen LogP contribution in [0.3, 0.4) is 0 Å². The van der Waals surface area contributed by atoms with Gasteiger partial charge in [-0.05, 0) is 36.1 Å². The highest BCUT2D eigenvalue weighted by molar-refractivity contribution is 5.67. The molecule has 0 unspecified atom stereocenters. The van der Waals surface area contributed by atoms with E-state index >= 15 is 0 Å². The fourth-order valence-electron chi connectivity index (χ4n) is 5.69. The van der Waals surface area contributed by atoms with Gasteiger partial charge in [-0.3, -0.25) is 4.79 Å². The first-order valence-corrected chi connectivity index (χ1v) is 10.3. The lowest BCUT2D eigenvalue weighted by atomic mass is 9.69. The zero-order valence-corrected chi connectivity index (χ0v) is 19.0. The zero-order chi connectivity index (χ0) is 23.0. The molecular weight excluding hydrogens is 400 g/mol. The standard InChI is InChI=1S/C24H32O7/c1-8-11-23-13-19(29-6)21(26)24(30-7,22(23)31-15(3)25)20(14(23)2)16-9-10-17(27-4)18(12-16)28-5/h8-10,12-14,20-22,26H,1,11H2,2-7H3/t14-,20+,21-,22-,23-,24+/m1/s1. The minimum atomic E-state index is -1.27. The molecule has 2 aliphatic rings. The van der Waals surface area contributed by atoms with E-state index in [1.54, 1.807) is 20.3 Å². The number of aliphatic hydroxyl groups is 1. The minimum absolute atomic E-state index is 0.102. The van der Waals surface area contributed by atoms with E-state index in [2.05, 4.69) is 13.5 Å². The molecule has 2 bridgehead atoms. The van der Waals surface area contributed by atoms with E-state index in [1.165, 1.54) is 21.1 Å². The van der Waals surface area contributed by atoms with Gasteiger partial charge in [0.15, 0.2) is 11.5 Å². The van der Waals surface area contributed by atoms with Crippen LogP contribution in [0.4, 0.5) is 0 Å². The van der Waals surface area contributed by atoms with Crippen LogP contribution in [-0.2, 0) is 19.0 Å². The molecule has 0 radical (unpaired) electrons. The van der Waals surface area contributed by atoms with Crippen molar-refractivity contribution in [2.45, 2.75) is 44.0 Å². The van der Waals surface area contributed by atoms with Crippen molar-refractivity contribution in [3.8, 4) is 11.5 Å². The predicted molar refractivity (Wildman–Crippen MR) is 115 cm³/mol. The van der Waals surface area contributed by atoms with Gasteiger partial charge in [0.25, 0.3) is 0 Å². The van der Waals surface area contributed by atoms with Crippen molar-refractivity contribution in [1.29, 1.82) is 0 Å². The highest BCUT2D eigenvalue weighted by Crippen LogP contribution is 2.66. The molecule has 0 spiro atoms. The number of rotatable bonds is 8. The summed E-state index contributed by atoms with van der Waals surface area (Å²) in [5, 5.41) is 11.5. The zero-order valence-electron chi connectivity index (χ0n) is 19.0. The number of esters is 1. The maximum atomic E-state index is 12.2. The third-order valence-electron chi connectivity index (χ3n) is 6.98. The van der Waals surface area contributed by atoms with E-state index in [1.807, 2.05) is 24.3 Å². The molecule has 6 atom stereocenters. The molecule has 1 fully saturated rings. The Morgan fingerprint density at radius 2 is 1.84 bits per heavy atom. The summed E-state index contributed by atoms with van der Waals surface area (Å²) in [5.74, 6) is 0.662. The summed E-state index contributed by atoms with van der Waals surface area (Å²) >= 11 is 0. The average molecular weight is 433 g/mol. The number of fused-ring (bicyclic) bond motifs is 2. The average Bonchev–Trinajstić information content (AvgIpc) is 2.91. The van der Waals surface area contributed by atoms with Crippen LogP contribution in [0.2, 0.25) is 0 Å². The Labute approximate surface area is 183 Å². The smallest absolute Gasteiger partial charge is 0.303 e. The van der Waals surface area contributed by atoms with Gasteiger partial charge >= 0.3 is 5.97 Å². The lowest BCUT2D eigenvalue weighted by Crippen LogP contribution is -2.61. The molecular formula is C24H32O7. The van der Waals surface area contributed by atoms with Gasteiger partial charge in [-0.1, -0.05) is 19.1 Å². The second kappa shape index (κ2) is 8.55. The Morgan fingerprint density at radius 1 is 1.16 bits per heavy atom. The molecule has 1 saturated carbocycles. The number of aliphatic hydroxyl groups excluding tert-OH is 1. The maximum Gasteiger partial charge on any atom is 0.303 e. The van der Waals surface area contributed by atoms with Crippen LogP contribution >= 0.6 is 0 Å². The fourth-order valence-corrected chi connectivity index (χ4v) is 5.69. The lowest BCUT2D eigenvalue weighted by Gasteiger charge is -2.47. The van der Waals surface area contributed by atoms with E-state index in [-0.39, 0.29) is 11.8 Å². The summed E-state index contributed by atoms with van der Waals surface area (Å²) in [4.78, 5) is 12.2. The summed E-state index contributed by atoms with van der Waals surface area (Å²) in [5.41, 5.74) is -1.07. The summed E-state index contributed by atoms with van der Waals surface area (Å²) < 4.78 is 28.5. The number of hydrogen-bond donors (Lipinski definition) is 1. The molecule has 1 aromatic carbocycles. The molecule has 0 saturated heterocycles. The first-order valence-electron chi connectivity index (χ1n) is 10.3. The van der Waals surface area contributed by atoms with Gasteiger partial charge in [0.2, 0.25) is 0 Å². The van der Waals surface area contributed by atoms with Crippen LogP contribution in [0, 0.1) is 11.3 Å². The van der Waals surface area contributed by atoms with Crippen molar-refractivity contribution in [2.24, 2.45) is 11.3 Å². The predicted octanol–water partition coefficient (Wildman–Crippen LogP) is 3.22. The maximum absolute atomic E-state index is 12.2. The second-order valence-electron chi connectivity index (χ2n) is 8.19. The number of hydrogen-bond acceptors (Lipinski definition) is 7. The highest BCUT2D eigenvalue weighted by atomic mass is 16.6. The molecule has 2 aliphatic carbocycles. The molecule has 7 nitrogen and oxygen atoms in total. The van der Waals surface area contributed by atoms with Crippen molar-refractivity contribution in [3.63, 3.8) is 0 Å². The Hall–Kier alpha value is -2.51. The number of allylic oxidation sites excluding steroid dienone is 1. The van der Waals surface area contributed by atoms with Crippen LogP contribution in [0.15, 0.2) is 42.7 Å². The normalized spacial score (nSPS) is 34.0. The Kier molecular flexibility index (Phi) is 6.39. The van der Waals surface area contributed by atoms with Crippen LogP contribution in [0.25, 0.3) is 0 Å². The van der Waals surface area contributed by atoms with Gasteiger partial charge in [0.05, 0.1) is 21.3 Å². The van der Waals surface area contributed by atoms with Gasteiger partial charge in [-0.25, -0.2) is 0 Å². The van der Waals surface area contributed by atoms with E-state index < -0.39 is 29.2 Å². The molecule has 1 aromatic rings. The summed E-state index contributed by atoms with van der Waals surface area (Å²) in [7, 11) is 6.20. The molecule has 31 heavy (non-hydrogen) atoms. The Morgan fingerprint density at radius 3 is 2.35 bits per heavy atom. The molecule has 0 aliphatic heterocycles. The Balaban J connectivity index is 2.31. The number of carbonyl (C=O) groups is 1. The molecule has 7 heteroatoms. The van der Waals surface area contributed by atoms with Crippen LogP contribution in [-0.4, -0.2) is 57.3 Å². The van der Waals surface area contributed by atoms with E-state index in [0.29, 0.717) is 23.7 Å².